The molecule has 0 radical (unpaired) electrons. The fourth-order valence-corrected chi connectivity index (χ4v) is 5.41. The molecule has 0 spiro atoms. The van der Waals surface area contributed by atoms with Crippen LogP contribution < -0.4 is 18.6 Å². The maximum absolute atomic E-state index is 5.90. The number of anilines is 1. The molecule has 2 aliphatic rings. The van der Waals surface area contributed by atoms with Gasteiger partial charge in [0.1, 0.15) is 5.75 Å². The molecule has 0 aliphatic carbocycles. The van der Waals surface area contributed by atoms with E-state index in [9.17, 15) is 0 Å². The minimum absolute atomic E-state index is 0.559. The van der Waals surface area contributed by atoms with Crippen LogP contribution in [-0.4, -0.2) is 44.3 Å². The fraction of sp³-hybridized carbons (Fsp3) is 0.333. The number of nitrogens with zero attached hydrogens (tertiary/aromatic N) is 2. The average molecular weight is 463 g/mol. The lowest BCUT2D eigenvalue weighted by Gasteiger charge is -2.35. The minimum atomic E-state index is 0.559. The lowest BCUT2D eigenvalue weighted by atomic mass is 10.1. The first-order chi connectivity index (χ1) is 16.1. The molecule has 5 nitrogen and oxygen atoms in total. The van der Waals surface area contributed by atoms with Gasteiger partial charge in [-0.25, -0.2) is 0 Å². The predicted octanol–water partition coefficient (Wildman–Crippen LogP) is 5.56. The van der Waals surface area contributed by atoms with E-state index < -0.39 is 0 Å². The maximum Gasteiger partial charge on any atom is 0.161 e. The Morgan fingerprint density at radius 3 is 2.27 bits per heavy atom. The molecule has 2 fully saturated rings. The minimum Gasteiger partial charge on any atom is -0.493 e. The number of ether oxygens (including phenoxy) is 2. The Labute approximate surface area is 200 Å². The SMILES string of the molecule is COc1ccc(CN2CC3CC2CN3c2ccc(OSc3ccc(C)cc3)cc2)cc1OC. The van der Waals surface area contributed by atoms with Gasteiger partial charge < -0.3 is 18.6 Å². The van der Waals surface area contributed by atoms with Gasteiger partial charge in [0.15, 0.2) is 11.5 Å². The molecule has 0 amide bonds. The molecule has 0 aromatic heterocycles. The number of fused-ring (bicyclic) bond motifs is 2. The Morgan fingerprint density at radius 1 is 0.848 bits per heavy atom. The van der Waals surface area contributed by atoms with E-state index in [2.05, 4.69) is 77.4 Å². The van der Waals surface area contributed by atoms with Crippen LogP contribution in [0, 0.1) is 6.92 Å². The first kappa shape index (κ1) is 22.0. The first-order valence-electron chi connectivity index (χ1n) is 11.4. The molecule has 2 aliphatic heterocycles. The summed E-state index contributed by atoms with van der Waals surface area (Å²) in [6.07, 6.45) is 1.22. The van der Waals surface area contributed by atoms with Crippen molar-refractivity contribution in [1.29, 1.82) is 0 Å². The monoisotopic (exact) mass is 462 g/mol. The molecular weight excluding hydrogens is 432 g/mol. The van der Waals surface area contributed by atoms with Crippen LogP contribution in [0.1, 0.15) is 17.5 Å². The van der Waals surface area contributed by atoms with Gasteiger partial charge in [0.05, 0.1) is 26.3 Å². The number of benzene rings is 3. The van der Waals surface area contributed by atoms with Crippen molar-refractivity contribution >= 4 is 17.7 Å². The summed E-state index contributed by atoms with van der Waals surface area (Å²) in [5.74, 6) is 2.45. The van der Waals surface area contributed by atoms with Crippen LogP contribution in [0.15, 0.2) is 71.6 Å². The number of piperazine rings is 1. The zero-order valence-corrected chi connectivity index (χ0v) is 20.2. The molecule has 2 heterocycles. The zero-order chi connectivity index (χ0) is 22.8. The second-order valence-electron chi connectivity index (χ2n) is 8.79. The summed E-state index contributed by atoms with van der Waals surface area (Å²) in [5, 5.41) is 0. The van der Waals surface area contributed by atoms with Gasteiger partial charge in [-0.1, -0.05) is 23.8 Å². The van der Waals surface area contributed by atoms with Gasteiger partial charge in [-0.3, -0.25) is 4.90 Å². The molecule has 2 saturated heterocycles. The van der Waals surface area contributed by atoms with Crippen molar-refractivity contribution in [3.63, 3.8) is 0 Å². The third-order valence-electron chi connectivity index (χ3n) is 6.61. The Kier molecular flexibility index (Phi) is 6.38. The topological polar surface area (TPSA) is 34.2 Å². The molecule has 5 rings (SSSR count). The van der Waals surface area contributed by atoms with Crippen molar-refractivity contribution < 1.29 is 13.7 Å². The molecule has 33 heavy (non-hydrogen) atoms. The van der Waals surface area contributed by atoms with Crippen molar-refractivity contribution in [3.05, 3.63) is 77.9 Å². The van der Waals surface area contributed by atoms with E-state index in [4.69, 9.17) is 13.7 Å². The number of aryl methyl sites for hydroxylation is 1. The van der Waals surface area contributed by atoms with Gasteiger partial charge in [0.2, 0.25) is 0 Å². The van der Waals surface area contributed by atoms with E-state index in [-0.39, 0.29) is 0 Å². The highest BCUT2D eigenvalue weighted by Crippen LogP contribution is 2.37. The number of rotatable bonds is 8. The van der Waals surface area contributed by atoms with Crippen LogP contribution in [-0.2, 0) is 6.54 Å². The van der Waals surface area contributed by atoms with Crippen LogP contribution in [0.3, 0.4) is 0 Å². The van der Waals surface area contributed by atoms with E-state index in [1.165, 1.54) is 35.3 Å². The smallest absolute Gasteiger partial charge is 0.161 e. The van der Waals surface area contributed by atoms with Crippen LogP contribution in [0.4, 0.5) is 5.69 Å². The highest BCUT2D eigenvalue weighted by molar-refractivity contribution is 7.95. The summed E-state index contributed by atoms with van der Waals surface area (Å²) in [5.41, 5.74) is 3.80. The molecule has 2 atom stereocenters. The number of likely N-dealkylation sites (tertiary alicyclic amines) is 1. The van der Waals surface area contributed by atoms with Gasteiger partial charge in [-0.2, -0.15) is 0 Å². The van der Waals surface area contributed by atoms with E-state index in [0.717, 1.165) is 41.8 Å². The summed E-state index contributed by atoms with van der Waals surface area (Å²) < 4.78 is 16.7. The largest absolute Gasteiger partial charge is 0.493 e. The van der Waals surface area contributed by atoms with Crippen molar-refractivity contribution in [3.8, 4) is 17.2 Å². The molecule has 2 bridgehead atoms. The van der Waals surface area contributed by atoms with Crippen LogP contribution >= 0.6 is 12.0 Å². The summed E-state index contributed by atoms with van der Waals surface area (Å²) in [6, 6.07) is 24.3. The molecule has 0 saturated carbocycles. The lowest BCUT2D eigenvalue weighted by molar-refractivity contribution is 0.230. The quantitative estimate of drug-likeness (QED) is 0.408. The van der Waals surface area contributed by atoms with E-state index in [1.54, 1.807) is 14.2 Å². The third kappa shape index (κ3) is 4.77. The maximum atomic E-state index is 5.90. The Hall–Kier alpha value is -2.83. The van der Waals surface area contributed by atoms with Crippen molar-refractivity contribution in [1.82, 2.24) is 4.90 Å². The summed E-state index contributed by atoms with van der Waals surface area (Å²) in [6.45, 7) is 5.18. The van der Waals surface area contributed by atoms with E-state index in [0.29, 0.717) is 12.1 Å². The number of hydrogen-bond acceptors (Lipinski definition) is 6. The Bertz CT molecular complexity index is 1090. The van der Waals surface area contributed by atoms with Crippen molar-refractivity contribution in [2.24, 2.45) is 0 Å². The number of hydrogen-bond donors (Lipinski definition) is 0. The summed E-state index contributed by atoms with van der Waals surface area (Å²) in [7, 11) is 3.36. The zero-order valence-electron chi connectivity index (χ0n) is 19.4. The standard InChI is InChI=1S/C27H30N2O3S/c1-19-4-11-25(12-5-19)33-32-24-9-7-21(8-10-24)29-18-22-15-23(29)17-28(22)16-20-6-13-26(30-2)27(14-20)31-3/h4-14,22-23H,15-18H2,1-3H3. The van der Waals surface area contributed by atoms with Crippen LogP contribution in [0.5, 0.6) is 17.2 Å². The number of methoxy groups -OCH3 is 2. The Morgan fingerprint density at radius 2 is 1.61 bits per heavy atom. The highest BCUT2D eigenvalue weighted by Gasteiger charge is 2.43. The normalized spacial score (nSPS) is 19.7. The lowest BCUT2D eigenvalue weighted by Crippen LogP contribution is -2.46. The molecule has 172 valence electrons. The summed E-state index contributed by atoms with van der Waals surface area (Å²) >= 11 is 1.40. The molecule has 2 unspecified atom stereocenters. The molecule has 6 heteroatoms. The van der Waals surface area contributed by atoms with E-state index >= 15 is 0 Å². The molecule has 3 aromatic carbocycles. The molecule has 0 N–H and O–H groups in total. The summed E-state index contributed by atoms with van der Waals surface area (Å²) in [4.78, 5) is 6.25. The van der Waals surface area contributed by atoms with Gasteiger partial charge in [-0.05, 0) is 67.4 Å². The average Bonchev–Trinajstić information content (AvgIpc) is 3.44. The Balaban J connectivity index is 1.17. The van der Waals surface area contributed by atoms with Gasteiger partial charge in [0, 0.05) is 42.3 Å². The van der Waals surface area contributed by atoms with E-state index in [1.807, 2.05) is 6.07 Å². The third-order valence-corrected chi connectivity index (χ3v) is 7.35. The second kappa shape index (κ2) is 9.57. The fourth-order valence-electron chi connectivity index (χ4n) is 4.86. The predicted molar refractivity (Wildman–Crippen MR) is 134 cm³/mol. The molecule has 3 aromatic rings. The van der Waals surface area contributed by atoms with Gasteiger partial charge in [0.25, 0.3) is 0 Å². The van der Waals surface area contributed by atoms with Crippen LogP contribution in [0.25, 0.3) is 0 Å². The first-order valence-corrected chi connectivity index (χ1v) is 12.1. The van der Waals surface area contributed by atoms with Gasteiger partial charge >= 0.3 is 0 Å². The van der Waals surface area contributed by atoms with Gasteiger partial charge in [-0.15, -0.1) is 0 Å². The van der Waals surface area contributed by atoms with Crippen molar-refractivity contribution in [2.75, 3.05) is 32.2 Å². The van der Waals surface area contributed by atoms with Crippen molar-refractivity contribution in [2.45, 2.75) is 36.9 Å². The molecular formula is C27H30N2O3S. The second-order valence-corrected chi connectivity index (χ2v) is 9.59. The highest BCUT2D eigenvalue weighted by atomic mass is 32.2. The van der Waals surface area contributed by atoms with Crippen LogP contribution in [0.2, 0.25) is 0 Å².